The van der Waals surface area contributed by atoms with Gasteiger partial charge in [-0.25, -0.2) is 0 Å². The van der Waals surface area contributed by atoms with E-state index in [-0.39, 0.29) is 36.7 Å². The summed E-state index contributed by atoms with van der Waals surface area (Å²) < 4.78 is 23.8. The highest BCUT2D eigenvalue weighted by Gasteiger charge is 2.29. The first-order valence-corrected chi connectivity index (χ1v) is 24.7. The molecule has 0 aliphatic heterocycles. The predicted octanol–water partition coefficient (Wildman–Crippen LogP) is 14.0. The van der Waals surface area contributed by atoms with Crippen LogP contribution in [0.3, 0.4) is 0 Å². The molecule has 0 N–H and O–H groups in total. The molecule has 7 nitrogen and oxygen atoms in total. The molecule has 0 aromatic heterocycles. The van der Waals surface area contributed by atoms with E-state index in [4.69, 9.17) is 18.9 Å². The highest BCUT2D eigenvalue weighted by atomic mass is 16.6. The summed E-state index contributed by atoms with van der Waals surface area (Å²) in [6.45, 7) is 7.43. The van der Waals surface area contributed by atoms with Gasteiger partial charge in [-0.05, 0) is 129 Å². The summed E-state index contributed by atoms with van der Waals surface area (Å²) in [5.41, 5.74) is 0. The Bertz CT molecular complexity index is 1070. The summed E-state index contributed by atoms with van der Waals surface area (Å²) in [6, 6.07) is 0. The predicted molar refractivity (Wildman–Crippen MR) is 250 cm³/mol. The number of rotatable bonds is 42. The molecular formula is C52H93NO6. The zero-order valence-electron chi connectivity index (χ0n) is 39.0. The van der Waals surface area contributed by atoms with Crippen molar-refractivity contribution in [2.45, 2.75) is 219 Å². The third-order valence-electron chi connectivity index (χ3n) is 11.2. The van der Waals surface area contributed by atoms with Gasteiger partial charge in [-0.15, -0.1) is 0 Å². The average Bonchev–Trinajstić information content (AvgIpc) is 3.65. The molecular weight excluding hydrogens is 735 g/mol. The lowest BCUT2D eigenvalue weighted by Gasteiger charge is -2.19. The van der Waals surface area contributed by atoms with E-state index < -0.39 is 0 Å². The van der Waals surface area contributed by atoms with Crippen LogP contribution in [0, 0.1) is 5.92 Å². The van der Waals surface area contributed by atoms with Gasteiger partial charge in [0, 0.05) is 26.1 Å². The molecule has 1 fully saturated rings. The number of carbonyl (C=O) groups is 2. The molecule has 0 heterocycles. The normalized spacial score (nSPS) is 16.5. The van der Waals surface area contributed by atoms with Crippen LogP contribution in [0.5, 0.6) is 0 Å². The Hall–Kier alpha value is -2.22. The lowest BCUT2D eigenvalue weighted by Crippen LogP contribution is -2.28. The van der Waals surface area contributed by atoms with Crippen LogP contribution in [0.25, 0.3) is 0 Å². The zero-order chi connectivity index (χ0) is 42.7. The number of hydrogen-bond acceptors (Lipinski definition) is 7. The standard InChI is InChI=1S/C52H93NO6/c1-5-7-9-11-13-15-17-19-21-23-25-27-29-31-33-35-42-56-46-50(57-43-36-34-32-30-28-26-24-22-20-18-16-14-12-10-8-6-2)47-58-52(55)45-48-39-40-49(44-48)59-51(54)38-37-41-53(3)4/h13-16,19-22,48-50H,5-12,17-18,23-47H2,1-4H3/b15-13-,16-14-,21-19-,22-20-. The van der Waals surface area contributed by atoms with E-state index in [0.29, 0.717) is 32.7 Å². The minimum atomic E-state index is -0.249. The quantitative estimate of drug-likeness (QED) is 0.0345. The van der Waals surface area contributed by atoms with Gasteiger partial charge in [-0.3, -0.25) is 9.59 Å². The summed E-state index contributed by atoms with van der Waals surface area (Å²) in [5.74, 6) is -0.129. The van der Waals surface area contributed by atoms with Crippen molar-refractivity contribution in [1.82, 2.24) is 4.90 Å². The molecule has 0 amide bonds. The van der Waals surface area contributed by atoms with Crippen LogP contribution in [0.15, 0.2) is 48.6 Å². The molecule has 0 bridgehead atoms. The third-order valence-corrected chi connectivity index (χ3v) is 11.2. The van der Waals surface area contributed by atoms with E-state index in [9.17, 15) is 9.59 Å². The monoisotopic (exact) mass is 828 g/mol. The number of nitrogens with zero attached hydrogens (tertiary/aromatic N) is 1. The van der Waals surface area contributed by atoms with Gasteiger partial charge in [-0.2, -0.15) is 0 Å². The van der Waals surface area contributed by atoms with Crippen molar-refractivity contribution in [3.05, 3.63) is 48.6 Å². The number of allylic oxidation sites excluding steroid dienone is 8. The van der Waals surface area contributed by atoms with Gasteiger partial charge >= 0.3 is 11.9 Å². The first-order chi connectivity index (χ1) is 28.9. The van der Waals surface area contributed by atoms with Crippen LogP contribution in [0.2, 0.25) is 0 Å². The SMILES string of the molecule is CCCCC/C=C\C/C=C\CCCCCCCCOCC(COC(=O)CC1CCC(OC(=O)CCCN(C)C)C1)OCCCCCCCC/C=C\C/C=C\CCCCC. The van der Waals surface area contributed by atoms with E-state index in [1.54, 1.807) is 0 Å². The summed E-state index contributed by atoms with van der Waals surface area (Å²) >= 11 is 0. The van der Waals surface area contributed by atoms with E-state index >= 15 is 0 Å². The second kappa shape index (κ2) is 42.5. The van der Waals surface area contributed by atoms with Gasteiger partial charge in [0.2, 0.25) is 0 Å². The smallest absolute Gasteiger partial charge is 0.306 e. The Labute approximate surface area is 364 Å². The molecule has 0 radical (unpaired) electrons. The maximum absolute atomic E-state index is 12.9. The molecule has 0 saturated heterocycles. The fourth-order valence-electron chi connectivity index (χ4n) is 7.48. The van der Waals surface area contributed by atoms with Gasteiger partial charge in [0.15, 0.2) is 0 Å². The van der Waals surface area contributed by atoms with Crippen LogP contribution in [0.4, 0.5) is 0 Å². The highest BCUT2D eigenvalue weighted by molar-refractivity contribution is 5.70. The van der Waals surface area contributed by atoms with E-state index in [0.717, 1.165) is 64.3 Å². The molecule has 0 spiro atoms. The topological polar surface area (TPSA) is 74.3 Å². The lowest BCUT2D eigenvalue weighted by molar-refractivity contribution is -0.151. The van der Waals surface area contributed by atoms with E-state index in [1.165, 1.54) is 122 Å². The molecule has 1 saturated carbocycles. The maximum Gasteiger partial charge on any atom is 0.306 e. The first kappa shape index (κ1) is 54.8. The van der Waals surface area contributed by atoms with Gasteiger partial charge in [-0.1, -0.05) is 140 Å². The molecule has 342 valence electrons. The molecule has 1 rings (SSSR count). The third kappa shape index (κ3) is 38.4. The molecule has 1 aliphatic rings. The number of esters is 2. The minimum absolute atomic E-state index is 0.0853. The van der Waals surface area contributed by atoms with Gasteiger partial charge in [0.05, 0.1) is 6.61 Å². The Morgan fingerprint density at radius 3 is 1.63 bits per heavy atom. The number of unbranched alkanes of at least 4 members (excludes halogenated alkanes) is 18. The molecule has 0 aromatic rings. The molecule has 7 heteroatoms. The highest BCUT2D eigenvalue weighted by Crippen LogP contribution is 2.31. The van der Waals surface area contributed by atoms with Gasteiger partial charge < -0.3 is 23.8 Å². The lowest BCUT2D eigenvalue weighted by atomic mass is 10.0. The summed E-state index contributed by atoms with van der Waals surface area (Å²) in [5, 5.41) is 0. The van der Waals surface area contributed by atoms with Crippen molar-refractivity contribution < 1.29 is 28.5 Å². The van der Waals surface area contributed by atoms with Crippen LogP contribution in [-0.2, 0) is 28.5 Å². The fraction of sp³-hybridized carbons (Fsp3) is 0.808. The van der Waals surface area contributed by atoms with Crippen molar-refractivity contribution in [3.8, 4) is 0 Å². The molecule has 0 aromatic carbocycles. The van der Waals surface area contributed by atoms with Crippen LogP contribution in [-0.4, -0.2) is 76.1 Å². The number of carbonyl (C=O) groups excluding carboxylic acids is 2. The van der Waals surface area contributed by atoms with Crippen molar-refractivity contribution in [2.24, 2.45) is 5.92 Å². The summed E-state index contributed by atoms with van der Waals surface area (Å²) in [4.78, 5) is 27.2. The molecule has 3 atom stereocenters. The Balaban J connectivity index is 2.28. The largest absolute Gasteiger partial charge is 0.463 e. The van der Waals surface area contributed by atoms with Crippen molar-refractivity contribution in [3.63, 3.8) is 0 Å². The molecule has 3 unspecified atom stereocenters. The van der Waals surface area contributed by atoms with Crippen LogP contribution >= 0.6 is 0 Å². The average molecular weight is 828 g/mol. The summed E-state index contributed by atoms with van der Waals surface area (Å²) in [6.07, 6.45) is 51.6. The van der Waals surface area contributed by atoms with Crippen molar-refractivity contribution in [2.75, 3.05) is 47.1 Å². The Morgan fingerprint density at radius 1 is 0.576 bits per heavy atom. The second-order valence-corrected chi connectivity index (χ2v) is 17.3. The first-order valence-electron chi connectivity index (χ1n) is 24.7. The summed E-state index contributed by atoms with van der Waals surface area (Å²) in [7, 11) is 4.01. The molecule has 59 heavy (non-hydrogen) atoms. The Kier molecular flexibility index (Phi) is 39.4. The number of ether oxygens (including phenoxy) is 4. The maximum atomic E-state index is 12.9. The fourth-order valence-corrected chi connectivity index (χ4v) is 7.48. The molecule has 1 aliphatic carbocycles. The Morgan fingerprint density at radius 2 is 1.08 bits per heavy atom. The van der Waals surface area contributed by atoms with Gasteiger partial charge in [0.25, 0.3) is 0 Å². The van der Waals surface area contributed by atoms with E-state index in [1.807, 2.05) is 14.1 Å². The van der Waals surface area contributed by atoms with Crippen molar-refractivity contribution >= 4 is 11.9 Å². The van der Waals surface area contributed by atoms with E-state index in [2.05, 4.69) is 67.4 Å². The number of hydrogen-bond donors (Lipinski definition) is 0. The second-order valence-electron chi connectivity index (χ2n) is 17.3. The van der Waals surface area contributed by atoms with Crippen LogP contribution in [0.1, 0.15) is 206 Å². The minimum Gasteiger partial charge on any atom is -0.463 e. The van der Waals surface area contributed by atoms with Crippen LogP contribution < -0.4 is 0 Å². The van der Waals surface area contributed by atoms with Gasteiger partial charge in [0.1, 0.15) is 18.8 Å². The zero-order valence-corrected chi connectivity index (χ0v) is 39.0. The van der Waals surface area contributed by atoms with Crippen molar-refractivity contribution in [1.29, 1.82) is 0 Å².